The van der Waals surface area contributed by atoms with Crippen LogP contribution in [0.15, 0.2) is 48.8 Å². The number of imidazole rings is 1. The molecule has 0 spiro atoms. The number of carbonyl (C=O) groups excluding carboxylic acids is 1. The summed E-state index contributed by atoms with van der Waals surface area (Å²) in [7, 11) is 0. The molecule has 5 heteroatoms. The topological polar surface area (TPSA) is 72.4 Å². The van der Waals surface area contributed by atoms with Gasteiger partial charge in [-0.05, 0) is 38.1 Å². The number of carbonyl (C=O) groups is 1. The van der Waals surface area contributed by atoms with Gasteiger partial charge in [-0.3, -0.25) is 4.79 Å². The molecule has 5 nitrogen and oxygen atoms in total. The van der Waals surface area contributed by atoms with Gasteiger partial charge in [-0.2, -0.15) is 0 Å². The van der Waals surface area contributed by atoms with E-state index < -0.39 is 0 Å². The molecule has 0 aliphatic rings. The maximum Gasteiger partial charge on any atom is 0.252 e. The second-order valence-electron chi connectivity index (χ2n) is 5.56. The summed E-state index contributed by atoms with van der Waals surface area (Å²) in [5.74, 6) is -0.0837. The molecule has 2 aromatic heterocycles. The second kappa shape index (κ2) is 5.52. The van der Waals surface area contributed by atoms with Gasteiger partial charge in [0.15, 0.2) is 0 Å². The van der Waals surface area contributed by atoms with Crippen LogP contribution in [-0.2, 0) is 0 Å². The van der Waals surface area contributed by atoms with Crippen LogP contribution >= 0.6 is 0 Å². The van der Waals surface area contributed by atoms with Crippen LogP contribution in [0.4, 0.5) is 5.69 Å². The first-order valence-corrected chi connectivity index (χ1v) is 7.18. The Bertz CT molecular complexity index is 818. The first-order chi connectivity index (χ1) is 10.5. The molecular formula is C17H18N4O. The Morgan fingerprint density at radius 1 is 1.14 bits per heavy atom. The number of nitrogen functional groups attached to an aromatic ring is 1. The SMILES string of the molecule is CC(C)NC(=O)c1ccc2nc(-c3ccc(N)cc3)cn2c1. The van der Waals surface area contributed by atoms with Crippen LogP contribution in [0.1, 0.15) is 24.2 Å². The fourth-order valence-electron chi connectivity index (χ4n) is 2.26. The van der Waals surface area contributed by atoms with Crippen molar-refractivity contribution in [2.24, 2.45) is 0 Å². The number of nitrogens with two attached hydrogens (primary N) is 1. The minimum absolute atomic E-state index is 0.0837. The quantitative estimate of drug-likeness (QED) is 0.729. The highest BCUT2D eigenvalue weighted by Crippen LogP contribution is 2.20. The standard InChI is InChI=1S/C17H18N4O/c1-11(2)19-17(22)13-5-8-16-20-15(10-21(16)9-13)12-3-6-14(18)7-4-12/h3-11H,18H2,1-2H3,(H,19,22). The van der Waals surface area contributed by atoms with Crippen molar-refractivity contribution >= 4 is 17.2 Å². The molecule has 0 atom stereocenters. The zero-order chi connectivity index (χ0) is 15.7. The van der Waals surface area contributed by atoms with Gasteiger partial charge >= 0.3 is 0 Å². The summed E-state index contributed by atoms with van der Waals surface area (Å²) >= 11 is 0. The number of nitrogens with one attached hydrogen (secondary N) is 1. The first kappa shape index (κ1) is 14.1. The molecule has 3 rings (SSSR count). The van der Waals surface area contributed by atoms with Gasteiger partial charge in [-0.1, -0.05) is 12.1 Å². The fraction of sp³-hybridized carbons (Fsp3) is 0.176. The van der Waals surface area contributed by atoms with Gasteiger partial charge in [-0.15, -0.1) is 0 Å². The molecule has 0 aliphatic heterocycles. The highest BCUT2D eigenvalue weighted by atomic mass is 16.1. The second-order valence-corrected chi connectivity index (χ2v) is 5.56. The van der Waals surface area contributed by atoms with E-state index >= 15 is 0 Å². The monoisotopic (exact) mass is 294 g/mol. The number of hydrogen-bond donors (Lipinski definition) is 2. The normalized spacial score (nSPS) is 11.0. The molecule has 112 valence electrons. The molecule has 0 unspecified atom stereocenters. The van der Waals surface area contributed by atoms with Gasteiger partial charge in [0.1, 0.15) is 5.65 Å². The van der Waals surface area contributed by atoms with Crippen molar-refractivity contribution in [3.8, 4) is 11.3 Å². The Balaban J connectivity index is 1.96. The van der Waals surface area contributed by atoms with Gasteiger partial charge in [0.25, 0.3) is 5.91 Å². The summed E-state index contributed by atoms with van der Waals surface area (Å²) in [6, 6.07) is 11.3. The molecule has 3 aromatic rings. The average molecular weight is 294 g/mol. The molecule has 0 aliphatic carbocycles. The molecule has 0 fully saturated rings. The van der Waals surface area contributed by atoms with Crippen LogP contribution in [0.25, 0.3) is 16.9 Å². The fourth-order valence-corrected chi connectivity index (χ4v) is 2.26. The zero-order valence-corrected chi connectivity index (χ0v) is 12.6. The van der Waals surface area contributed by atoms with E-state index in [9.17, 15) is 4.79 Å². The lowest BCUT2D eigenvalue weighted by molar-refractivity contribution is 0.0942. The van der Waals surface area contributed by atoms with Crippen LogP contribution in [0.5, 0.6) is 0 Å². The predicted octanol–water partition coefficient (Wildman–Crippen LogP) is 2.72. The van der Waals surface area contributed by atoms with Crippen molar-refractivity contribution in [1.29, 1.82) is 0 Å². The number of anilines is 1. The van der Waals surface area contributed by atoms with Crippen LogP contribution in [0.3, 0.4) is 0 Å². The summed E-state index contributed by atoms with van der Waals surface area (Å²) in [5.41, 5.74) is 9.68. The van der Waals surface area contributed by atoms with Crippen LogP contribution in [-0.4, -0.2) is 21.3 Å². The third-order valence-corrected chi connectivity index (χ3v) is 3.34. The minimum Gasteiger partial charge on any atom is -0.399 e. The van der Waals surface area contributed by atoms with Gasteiger partial charge in [0.2, 0.25) is 0 Å². The summed E-state index contributed by atoms with van der Waals surface area (Å²) in [6.45, 7) is 3.87. The van der Waals surface area contributed by atoms with Gasteiger partial charge in [0, 0.05) is 29.7 Å². The summed E-state index contributed by atoms with van der Waals surface area (Å²) in [5, 5.41) is 2.88. The molecule has 2 heterocycles. The lowest BCUT2D eigenvalue weighted by Gasteiger charge is -2.08. The number of benzene rings is 1. The number of rotatable bonds is 3. The zero-order valence-electron chi connectivity index (χ0n) is 12.6. The van der Waals surface area contributed by atoms with E-state index in [2.05, 4.69) is 10.3 Å². The molecular weight excluding hydrogens is 276 g/mol. The van der Waals surface area contributed by atoms with E-state index in [0.29, 0.717) is 5.56 Å². The molecule has 0 bridgehead atoms. The van der Waals surface area contributed by atoms with E-state index in [0.717, 1.165) is 22.6 Å². The first-order valence-electron chi connectivity index (χ1n) is 7.18. The van der Waals surface area contributed by atoms with Gasteiger partial charge < -0.3 is 15.5 Å². The van der Waals surface area contributed by atoms with Crippen molar-refractivity contribution in [3.05, 3.63) is 54.4 Å². The van der Waals surface area contributed by atoms with Crippen molar-refractivity contribution in [3.63, 3.8) is 0 Å². The van der Waals surface area contributed by atoms with Crippen molar-refractivity contribution < 1.29 is 4.79 Å². The predicted molar refractivity (Wildman–Crippen MR) is 87.6 cm³/mol. The summed E-state index contributed by atoms with van der Waals surface area (Å²) < 4.78 is 1.86. The van der Waals surface area contributed by atoms with E-state index in [-0.39, 0.29) is 11.9 Å². The Morgan fingerprint density at radius 3 is 2.55 bits per heavy atom. The molecule has 0 saturated carbocycles. The molecule has 0 radical (unpaired) electrons. The number of aromatic nitrogens is 2. The summed E-state index contributed by atoms with van der Waals surface area (Å²) in [6.07, 6.45) is 3.70. The van der Waals surface area contributed by atoms with Crippen LogP contribution < -0.4 is 11.1 Å². The Kier molecular flexibility index (Phi) is 3.55. The van der Waals surface area contributed by atoms with E-state index in [1.165, 1.54) is 0 Å². The minimum atomic E-state index is -0.0837. The van der Waals surface area contributed by atoms with Gasteiger partial charge in [-0.25, -0.2) is 4.98 Å². The van der Waals surface area contributed by atoms with Gasteiger partial charge in [0.05, 0.1) is 11.3 Å². The third-order valence-electron chi connectivity index (χ3n) is 3.34. The number of fused-ring (bicyclic) bond motifs is 1. The highest BCUT2D eigenvalue weighted by Gasteiger charge is 2.10. The molecule has 1 aromatic carbocycles. The lowest BCUT2D eigenvalue weighted by atomic mass is 10.1. The van der Waals surface area contributed by atoms with Crippen molar-refractivity contribution in [2.45, 2.75) is 19.9 Å². The largest absolute Gasteiger partial charge is 0.399 e. The van der Waals surface area contributed by atoms with Crippen LogP contribution in [0.2, 0.25) is 0 Å². The highest BCUT2D eigenvalue weighted by molar-refractivity contribution is 5.94. The van der Waals surface area contributed by atoms with E-state index in [1.54, 1.807) is 12.3 Å². The maximum atomic E-state index is 12.1. The van der Waals surface area contributed by atoms with Crippen molar-refractivity contribution in [2.75, 3.05) is 5.73 Å². The Labute approximate surface area is 128 Å². The van der Waals surface area contributed by atoms with E-state index in [1.807, 2.05) is 54.8 Å². The number of nitrogens with zero attached hydrogens (tertiary/aromatic N) is 2. The number of hydrogen-bond acceptors (Lipinski definition) is 3. The summed E-state index contributed by atoms with van der Waals surface area (Å²) in [4.78, 5) is 16.6. The Hall–Kier alpha value is -2.82. The third kappa shape index (κ3) is 2.79. The maximum absolute atomic E-state index is 12.1. The Morgan fingerprint density at radius 2 is 1.86 bits per heavy atom. The lowest BCUT2D eigenvalue weighted by Crippen LogP contribution is -2.30. The molecule has 22 heavy (non-hydrogen) atoms. The average Bonchev–Trinajstić information content (AvgIpc) is 2.90. The molecule has 3 N–H and O–H groups in total. The smallest absolute Gasteiger partial charge is 0.252 e. The number of amides is 1. The number of pyridine rings is 1. The van der Waals surface area contributed by atoms with Crippen molar-refractivity contribution in [1.82, 2.24) is 14.7 Å². The molecule has 1 amide bonds. The van der Waals surface area contributed by atoms with E-state index in [4.69, 9.17) is 5.73 Å². The van der Waals surface area contributed by atoms with Crippen LogP contribution in [0, 0.1) is 0 Å². The molecule has 0 saturated heterocycles.